The fraction of sp³-hybridized carbons (Fsp3) is 0.667. The van der Waals surface area contributed by atoms with Gasteiger partial charge in [0.15, 0.2) is 0 Å². The summed E-state index contributed by atoms with van der Waals surface area (Å²) in [5.41, 5.74) is 1.07. The maximum atomic E-state index is 4.60. The van der Waals surface area contributed by atoms with Gasteiger partial charge in [-0.1, -0.05) is 6.92 Å². The number of anilines is 1. The van der Waals surface area contributed by atoms with Crippen molar-refractivity contribution in [3.8, 4) is 0 Å². The molecule has 0 saturated carbocycles. The molecule has 0 bridgehead atoms. The number of aromatic nitrogens is 2. The first-order valence-electron chi connectivity index (χ1n) is 6.10. The molecule has 4 heteroatoms. The van der Waals surface area contributed by atoms with Crippen LogP contribution in [0.3, 0.4) is 0 Å². The number of nitrogens with zero attached hydrogens (tertiary/aromatic N) is 3. The van der Waals surface area contributed by atoms with Gasteiger partial charge < -0.3 is 10.2 Å². The maximum absolute atomic E-state index is 4.60. The largest absolute Gasteiger partial charge is 0.355 e. The zero-order valence-corrected chi connectivity index (χ0v) is 10.2. The minimum Gasteiger partial charge on any atom is -0.355 e. The molecule has 1 N–H and O–H groups in total. The summed E-state index contributed by atoms with van der Waals surface area (Å²) in [5.74, 6) is 2.04. The summed E-state index contributed by atoms with van der Waals surface area (Å²) in [4.78, 5) is 11.4. The van der Waals surface area contributed by atoms with Crippen LogP contribution >= 0.6 is 0 Å². The van der Waals surface area contributed by atoms with Crippen LogP contribution in [-0.2, 0) is 6.42 Å². The van der Waals surface area contributed by atoms with Crippen LogP contribution in [0.1, 0.15) is 24.9 Å². The molecule has 1 fully saturated rings. The van der Waals surface area contributed by atoms with Gasteiger partial charge in [0.05, 0.1) is 0 Å². The lowest BCUT2D eigenvalue weighted by molar-refractivity contribution is 0.724. The normalized spacial score (nSPS) is 17.2. The molecule has 1 saturated heterocycles. The fourth-order valence-electron chi connectivity index (χ4n) is 2.01. The van der Waals surface area contributed by atoms with Gasteiger partial charge in [-0.3, -0.25) is 0 Å². The van der Waals surface area contributed by atoms with Crippen LogP contribution < -0.4 is 10.2 Å². The van der Waals surface area contributed by atoms with Crippen LogP contribution in [0.2, 0.25) is 0 Å². The van der Waals surface area contributed by atoms with E-state index >= 15 is 0 Å². The average Bonchev–Trinajstić information content (AvgIpc) is 2.56. The first-order valence-corrected chi connectivity index (χ1v) is 6.10. The lowest BCUT2D eigenvalue weighted by Gasteiger charge is -2.21. The molecule has 0 aromatic carbocycles. The highest BCUT2D eigenvalue weighted by molar-refractivity contribution is 5.39. The molecule has 2 heterocycles. The Balaban J connectivity index is 2.20. The lowest BCUT2D eigenvalue weighted by Crippen LogP contribution is -2.29. The summed E-state index contributed by atoms with van der Waals surface area (Å²) in [6.45, 7) is 8.43. The Kier molecular flexibility index (Phi) is 3.72. The topological polar surface area (TPSA) is 41.1 Å². The molecule has 0 spiro atoms. The van der Waals surface area contributed by atoms with Crippen molar-refractivity contribution in [1.82, 2.24) is 15.3 Å². The summed E-state index contributed by atoms with van der Waals surface area (Å²) in [5, 5.41) is 3.41. The Hall–Kier alpha value is -1.16. The molecule has 2 rings (SSSR count). The van der Waals surface area contributed by atoms with Crippen molar-refractivity contribution < 1.29 is 0 Å². The van der Waals surface area contributed by atoms with Crippen molar-refractivity contribution in [3.05, 3.63) is 17.6 Å². The SMILES string of the molecule is CCc1nc(C)cc(N2CCCNCC2)n1. The van der Waals surface area contributed by atoms with Crippen LogP contribution in [0.15, 0.2) is 6.07 Å². The molecule has 0 unspecified atom stereocenters. The van der Waals surface area contributed by atoms with Gasteiger partial charge >= 0.3 is 0 Å². The first kappa shape index (κ1) is 11.3. The molecule has 16 heavy (non-hydrogen) atoms. The van der Waals surface area contributed by atoms with E-state index in [1.54, 1.807) is 0 Å². The van der Waals surface area contributed by atoms with Crippen LogP contribution in [0.4, 0.5) is 5.82 Å². The van der Waals surface area contributed by atoms with Gasteiger partial charge in [-0.15, -0.1) is 0 Å². The van der Waals surface area contributed by atoms with Crippen molar-refractivity contribution in [2.24, 2.45) is 0 Å². The number of hydrogen-bond donors (Lipinski definition) is 1. The summed E-state index contributed by atoms with van der Waals surface area (Å²) >= 11 is 0. The van der Waals surface area contributed by atoms with Gasteiger partial charge in [-0.2, -0.15) is 0 Å². The average molecular weight is 220 g/mol. The molecule has 1 aromatic heterocycles. The molecule has 1 aromatic rings. The molecule has 4 nitrogen and oxygen atoms in total. The molecule has 0 amide bonds. The predicted molar refractivity (Wildman–Crippen MR) is 65.8 cm³/mol. The first-order chi connectivity index (χ1) is 7.79. The van der Waals surface area contributed by atoms with Crippen LogP contribution in [0.25, 0.3) is 0 Å². The van der Waals surface area contributed by atoms with E-state index in [0.717, 1.165) is 49.9 Å². The minimum absolute atomic E-state index is 0.904. The number of nitrogens with one attached hydrogen (secondary N) is 1. The molecule has 1 aliphatic heterocycles. The zero-order chi connectivity index (χ0) is 11.4. The van der Waals surface area contributed by atoms with Gasteiger partial charge in [0.25, 0.3) is 0 Å². The number of rotatable bonds is 2. The van der Waals surface area contributed by atoms with Crippen molar-refractivity contribution in [2.75, 3.05) is 31.1 Å². The van der Waals surface area contributed by atoms with Crippen LogP contribution in [0.5, 0.6) is 0 Å². The third-order valence-corrected chi connectivity index (χ3v) is 2.87. The Bertz CT molecular complexity index is 343. The number of hydrogen-bond acceptors (Lipinski definition) is 4. The molecule has 88 valence electrons. The third-order valence-electron chi connectivity index (χ3n) is 2.87. The van der Waals surface area contributed by atoms with Crippen LogP contribution in [-0.4, -0.2) is 36.1 Å². The van der Waals surface area contributed by atoms with E-state index in [0.29, 0.717) is 0 Å². The van der Waals surface area contributed by atoms with E-state index in [-0.39, 0.29) is 0 Å². The van der Waals surface area contributed by atoms with E-state index < -0.39 is 0 Å². The summed E-state index contributed by atoms with van der Waals surface area (Å²) in [6.07, 6.45) is 2.09. The fourth-order valence-corrected chi connectivity index (χ4v) is 2.01. The standard InChI is InChI=1S/C12H20N4/c1-3-11-14-10(2)9-12(15-11)16-7-4-5-13-6-8-16/h9,13H,3-8H2,1-2H3. The highest BCUT2D eigenvalue weighted by atomic mass is 15.2. The maximum Gasteiger partial charge on any atom is 0.132 e. The summed E-state index contributed by atoms with van der Waals surface area (Å²) in [7, 11) is 0. The molecular formula is C12H20N4. The highest BCUT2D eigenvalue weighted by Crippen LogP contribution is 2.13. The quantitative estimate of drug-likeness (QED) is 0.811. The zero-order valence-electron chi connectivity index (χ0n) is 10.2. The van der Waals surface area contributed by atoms with Gasteiger partial charge in [-0.25, -0.2) is 9.97 Å². The Morgan fingerprint density at radius 1 is 1.31 bits per heavy atom. The minimum atomic E-state index is 0.904. The summed E-state index contributed by atoms with van der Waals surface area (Å²) < 4.78 is 0. The van der Waals surface area contributed by atoms with Gasteiger partial charge in [-0.05, 0) is 19.9 Å². The number of aryl methyl sites for hydroxylation is 2. The Morgan fingerprint density at radius 3 is 3.00 bits per heavy atom. The van der Waals surface area contributed by atoms with E-state index in [1.807, 2.05) is 6.92 Å². The Morgan fingerprint density at radius 2 is 2.19 bits per heavy atom. The van der Waals surface area contributed by atoms with Crippen molar-refractivity contribution >= 4 is 5.82 Å². The third kappa shape index (κ3) is 2.70. The Labute approximate surface area is 97.1 Å². The van der Waals surface area contributed by atoms with Crippen molar-refractivity contribution in [2.45, 2.75) is 26.7 Å². The second kappa shape index (κ2) is 5.25. The molecular weight excluding hydrogens is 200 g/mol. The van der Waals surface area contributed by atoms with Gasteiger partial charge in [0, 0.05) is 37.8 Å². The molecule has 1 aliphatic rings. The molecule has 0 atom stereocenters. The predicted octanol–water partition coefficient (Wildman–Crippen LogP) is 1.15. The lowest BCUT2D eigenvalue weighted by atomic mass is 10.3. The van der Waals surface area contributed by atoms with Gasteiger partial charge in [0.2, 0.25) is 0 Å². The second-order valence-corrected chi connectivity index (χ2v) is 4.23. The van der Waals surface area contributed by atoms with Crippen molar-refractivity contribution in [3.63, 3.8) is 0 Å². The summed E-state index contributed by atoms with van der Waals surface area (Å²) in [6, 6.07) is 2.09. The van der Waals surface area contributed by atoms with Gasteiger partial charge in [0.1, 0.15) is 11.6 Å². The van der Waals surface area contributed by atoms with E-state index in [4.69, 9.17) is 0 Å². The smallest absolute Gasteiger partial charge is 0.132 e. The van der Waals surface area contributed by atoms with E-state index in [2.05, 4.69) is 33.2 Å². The van der Waals surface area contributed by atoms with E-state index in [9.17, 15) is 0 Å². The van der Waals surface area contributed by atoms with E-state index in [1.165, 1.54) is 6.42 Å². The van der Waals surface area contributed by atoms with Crippen LogP contribution in [0, 0.1) is 6.92 Å². The highest BCUT2D eigenvalue weighted by Gasteiger charge is 2.11. The molecule has 0 radical (unpaired) electrons. The monoisotopic (exact) mass is 220 g/mol. The second-order valence-electron chi connectivity index (χ2n) is 4.23. The van der Waals surface area contributed by atoms with Crippen molar-refractivity contribution in [1.29, 1.82) is 0 Å². The molecule has 0 aliphatic carbocycles.